The third-order valence-corrected chi connectivity index (χ3v) is 17.5. The highest BCUT2D eigenvalue weighted by Crippen LogP contribution is 2.76. The smallest absolute Gasteiger partial charge is 0.335 e. The molecule has 6 fully saturated rings. The predicted octanol–water partition coefficient (Wildman–Crippen LogP) is 0.824. The van der Waals surface area contributed by atoms with Crippen LogP contribution >= 0.6 is 0 Å². The number of aliphatic hydroxyl groups excluding tert-OH is 9. The van der Waals surface area contributed by atoms with Gasteiger partial charge in [0.15, 0.2) is 18.7 Å². The molecule has 0 aromatic rings. The molecule has 2 heterocycles. The lowest BCUT2D eigenvalue weighted by Gasteiger charge is -2.72. The number of aliphatic carboxylic acids is 1. The summed E-state index contributed by atoms with van der Waals surface area (Å²) in [4.78, 5) is 12.3. The van der Waals surface area contributed by atoms with Crippen LogP contribution in [0.2, 0.25) is 0 Å². The molecule has 0 unspecified atom stereocenters. The largest absolute Gasteiger partial charge is 0.479 e. The second-order valence-electron chi connectivity index (χ2n) is 20.9. The number of allylic oxidation sites excluding steroid dienone is 2. The second-order valence-corrected chi connectivity index (χ2v) is 20.9. The van der Waals surface area contributed by atoms with Crippen LogP contribution in [0.15, 0.2) is 11.6 Å². The van der Waals surface area contributed by atoms with Crippen molar-refractivity contribution in [1.29, 1.82) is 0 Å². The van der Waals surface area contributed by atoms with Gasteiger partial charge in [-0.2, -0.15) is 0 Å². The Balaban J connectivity index is 1.13. The van der Waals surface area contributed by atoms with Crippen LogP contribution in [-0.4, -0.2) is 150 Å². The van der Waals surface area contributed by atoms with Gasteiger partial charge in [0.05, 0.1) is 31.5 Å². The molecule has 10 N–H and O–H groups in total. The minimum absolute atomic E-state index is 0.0536. The van der Waals surface area contributed by atoms with Crippen LogP contribution in [0.1, 0.15) is 99.8 Å². The van der Waals surface area contributed by atoms with Crippen molar-refractivity contribution in [1.82, 2.24) is 0 Å². The van der Waals surface area contributed by atoms with Crippen LogP contribution in [0.4, 0.5) is 0 Å². The Morgan fingerprint density at radius 1 is 0.754 bits per heavy atom. The summed E-state index contributed by atoms with van der Waals surface area (Å²) in [6.45, 7) is 14.6. The van der Waals surface area contributed by atoms with E-state index in [2.05, 4.69) is 54.5 Å². The van der Waals surface area contributed by atoms with Crippen LogP contribution in [0.3, 0.4) is 0 Å². The van der Waals surface area contributed by atoms with Gasteiger partial charge in [0.1, 0.15) is 42.7 Å². The lowest BCUT2D eigenvalue weighted by Crippen LogP contribution is -2.68. The van der Waals surface area contributed by atoms with E-state index in [1.54, 1.807) is 0 Å². The molecule has 0 radical (unpaired) electrons. The Labute approximate surface area is 335 Å². The summed E-state index contributed by atoms with van der Waals surface area (Å²) >= 11 is 0. The van der Waals surface area contributed by atoms with Gasteiger partial charge in [0, 0.05) is 5.41 Å². The van der Waals surface area contributed by atoms with E-state index in [0.29, 0.717) is 25.7 Å². The molecule has 0 aromatic carbocycles. The van der Waals surface area contributed by atoms with Crippen molar-refractivity contribution in [2.45, 2.75) is 180 Å². The minimum atomic E-state index is -1.94. The van der Waals surface area contributed by atoms with E-state index in [9.17, 15) is 55.9 Å². The number of rotatable bonds is 7. The first-order valence-corrected chi connectivity index (χ1v) is 21.0. The van der Waals surface area contributed by atoms with Gasteiger partial charge in [-0.15, -0.1) is 0 Å². The number of aliphatic hydroxyl groups is 9. The van der Waals surface area contributed by atoms with Gasteiger partial charge in [-0.25, -0.2) is 4.79 Å². The number of hydrogen-bond acceptors (Lipinski definition) is 14. The predicted molar refractivity (Wildman–Crippen MR) is 201 cm³/mol. The molecule has 57 heavy (non-hydrogen) atoms. The first-order valence-electron chi connectivity index (χ1n) is 21.0. The molecule has 7 aliphatic rings. The van der Waals surface area contributed by atoms with Crippen molar-refractivity contribution >= 4 is 5.97 Å². The number of fused-ring (bicyclic) bond motifs is 7. The number of hydrogen-bond donors (Lipinski definition) is 10. The van der Waals surface area contributed by atoms with E-state index in [1.165, 1.54) is 5.57 Å². The summed E-state index contributed by atoms with van der Waals surface area (Å²) in [5.41, 5.74) is -1.04. The zero-order valence-corrected chi connectivity index (χ0v) is 34.4. The van der Waals surface area contributed by atoms with Crippen LogP contribution in [0, 0.1) is 50.2 Å². The van der Waals surface area contributed by atoms with Crippen molar-refractivity contribution in [3.8, 4) is 0 Å². The van der Waals surface area contributed by atoms with Gasteiger partial charge < -0.3 is 70.0 Å². The lowest BCUT2D eigenvalue weighted by atomic mass is 9.33. The van der Waals surface area contributed by atoms with Crippen LogP contribution in [-0.2, 0) is 23.7 Å². The van der Waals surface area contributed by atoms with E-state index in [-0.39, 0.29) is 46.0 Å². The molecule has 0 spiro atoms. The molecule has 15 nitrogen and oxygen atoms in total. The van der Waals surface area contributed by atoms with E-state index in [0.717, 1.165) is 25.7 Å². The van der Waals surface area contributed by atoms with E-state index in [4.69, 9.17) is 18.9 Å². The zero-order chi connectivity index (χ0) is 42.0. The SMILES string of the molecule is CC1(C)C[C@H]2C3=CC[C@@H]4[C@@]5(C)CC[C@H](O[C@@H]6O[C@H](C(=O)O)[C@@H](O)[C@H](O[C@@H]7O[C@H](CO)[C@@H](O)[C@H](O)[C@H]7O)[C@H]6O)C(C)(C)[C@@H]5CC[C@@]4(C)[C@]3(C)C[C@H](O)[C@@]2(CO)C[C@@H]1O. The van der Waals surface area contributed by atoms with Crippen LogP contribution in [0.5, 0.6) is 0 Å². The standard InChI is InChI=1S/C42H68O15/c1-37(2)14-20-19-8-9-23-39(5)12-11-26(38(3,4)22(39)10-13-40(23,6)41(19,7)15-25(46)42(20,18-44)16-24(37)45)55-36-31(51)32(30(50)33(57-36)34(52)53)56-35-29(49)28(48)27(47)21(17-43)54-35/h8,20-33,35-36,43-51H,9-18H2,1-7H3,(H,52,53)/t20-,21+,22-,23+,24-,25-,26-,27+,28-,29+,30-,31+,32-,33-,35-,36+,39-,40+,41+,42+/m0/s1. The molecule has 15 heteroatoms. The van der Waals surface area contributed by atoms with Gasteiger partial charge >= 0.3 is 5.97 Å². The quantitative estimate of drug-likeness (QED) is 0.126. The summed E-state index contributed by atoms with van der Waals surface area (Å²) < 4.78 is 23.5. The monoisotopic (exact) mass is 812 g/mol. The average Bonchev–Trinajstić information content (AvgIpc) is 3.13. The second kappa shape index (κ2) is 14.7. The highest BCUT2D eigenvalue weighted by atomic mass is 16.7. The molecule has 0 aromatic heterocycles. The van der Waals surface area contributed by atoms with E-state index >= 15 is 0 Å². The maximum atomic E-state index is 12.3. The van der Waals surface area contributed by atoms with Crippen molar-refractivity contribution < 1.29 is 74.8 Å². The Morgan fingerprint density at radius 2 is 1.42 bits per heavy atom. The molecule has 0 bridgehead atoms. The lowest BCUT2D eigenvalue weighted by molar-refractivity contribution is -0.365. The molecular weight excluding hydrogens is 744 g/mol. The molecule has 7 rings (SSSR count). The van der Waals surface area contributed by atoms with Gasteiger partial charge in [-0.3, -0.25) is 0 Å². The van der Waals surface area contributed by atoms with E-state index < -0.39 is 103 Å². The first kappa shape index (κ1) is 43.8. The van der Waals surface area contributed by atoms with Gasteiger partial charge in [-0.05, 0) is 96.2 Å². The number of carbonyl (C=O) groups is 1. The summed E-state index contributed by atoms with van der Waals surface area (Å²) in [5, 5.41) is 107. The summed E-state index contributed by atoms with van der Waals surface area (Å²) in [6.07, 6.45) is -11.4. The van der Waals surface area contributed by atoms with Gasteiger partial charge in [0.25, 0.3) is 0 Å². The maximum Gasteiger partial charge on any atom is 0.335 e. The van der Waals surface area contributed by atoms with Crippen molar-refractivity contribution in [3.05, 3.63) is 11.6 Å². The molecule has 326 valence electrons. The topological polar surface area (TPSA) is 256 Å². The highest BCUT2D eigenvalue weighted by Gasteiger charge is 2.71. The Kier molecular flexibility index (Phi) is 11.3. The Hall–Kier alpha value is -1.31. The van der Waals surface area contributed by atoms with Crippen molar-refractivity contribution in [2.75, 3.05) is 13.2 Å². The third-order valence-electron chi connectivity index (χ3n) is 17.5. The van der Waals surface area contributed by atoms with Crippen molar-refractivity contribution in [2.24, 2.45) is 50.2 Å². The number of ether oxygens (including phenoxy) is 4. The molecule has 2 aliphatic heterocycles. The average molecular weight is 813 g/mol. The van der Waals surface area contributed by atoms with Crippen molar-refractivity contribution in [3.63, 3.8) is 0 Å². The Bertz CT molecular complexity index is 1550. The number of carboxylic acid groups (broad SMARTS) is 1. The molecule has 20 atom stereocenters. The Morgan fingerprint density at radius 3 is 2.05 bits per heavy atom. The van der Waals surface area contributed by atoms with Crippen LogP contribution < -0.4 is 0 Å². The fourth-order valence-corrected chi connectivity index (χ4v) is 13.7. The first-order chi connectivity index (χ1) is 26.4. The fraction of sp³-hybridized carbons (Fsp3) is 0.929. The third kappa shape index (κ3) is 6.35. The van der Waals surface area contributed by atoms with E-state index in [1.807, 2.05) is 0 Å². The number of carboxylic acids is 1. The molecule has 4 saturated carbocycles. The van der Waals surface area contributed by atoms with Gasteiger partial charge in [0.2, 0.25) is 0 Å². The molecular formula is C42H68O15. The van der Waals surface area contributed by atoms with Crippen LogP contribution in [0.25, 0.3) is 0 Å². The highest BCUT2D eigenvalue weighted by molar-refractivity contribution is 5.73. The zero-order valence-electron chi connectivity index (χ0n) is 34.4. The molecule has 5 aliphatic carbocycles. The minimum Gasteiger partial charge on any atom is -0.479 e. The normalized spacial score (nSPS) is 54.4. The molecule has 2 saturated heterocycles. The summed E-state index contributed by atoms with van der Waals surface area (Å²) in [7, 11) is 0. The maximum absolute atomic E-state index is 12.3. The summed E-state index contributed by atoms with van der Waals surface area (Å²) in [5.74, 6) is -1.21. The molecule has 0 amide bonds. The van der Waals surface area contributed by atoms with Gasteiger partial charge in [-0.1, -0.05) is 60.1 Å². The summed E-state index contributed by atoms with van der Waals surface area (Å²) in [6, 6.07) is 0. The fourth-order valence-electron chi connectivity index (χ4n) is 13.7.